The fourth-order valence-corrected chi connectivity index (χ4v) is 0. The Morgan fingerprint density at radius 3 is 1.60 bits per heavy atom. The van der Waals surface area contributed by atoms with Gasteiger partial charge in [-0.05, 0) is 0 Å². The largest absolute Gasteiger partial charge is 0.443 e. The molecule has 0 atom stereocenters. The molecule has 0 heterocycles. The Labute approximate surface area is 51.1 Å². The van der Waals surface area contributed by atoms with E-state index in [0.717, 1.165) is 6.26 Å². The van der Waals surface area contributed by atoms with Gasteiger partial charge in [0.05, 0.1) is 0 Å². The molecule has 0 unspecified atom stereocenters. The molecular weight excluding hydrogens is 161 g/mol. The zero-order valence-corrected chi connectivity index (χ0v) is 4.10. The van der Waals surface area contributed by atoms with Crippen LogP contribution in [0.3, 0.4) is 0 Å². The van der Waals surface area contributed by atoms with Crippen molar-refractivity contribution in [2.45, 2.75) is 0 Å². The minimum absolute atomic E-state index is 0. The van der Waals surface area contributed by atoms with Gasteiger partial charge in [0.1, 0.15) is 0 Å². The molecular formula is CHCuFeNO. The molecule has 4 heteroatoms. The molecule has 0 aromatic carbocycles. The Hall–Kier alpha value is 0.329. The van der Waals surface area contributed by atoms with Gasteiger partial charge in [0.25, 0.3) is 6.26 Å². The molecule has 0 bridgehead atoms. The molecule has 1 N–H and O–H groups in total. The predicted molar refractivity (Wildman–Crippen MR) is 7.55 cm³/mol. The fraction of sp³-hybridized carbons (Fsp3) is 0. The molecule has 0 aromatic heterocycles. The molecule has 0 saturated carbocycles. The van der Waals surface area contributed by atoms with Crippen LogP contribution >= 0.6 is 0 Å². The summed E-state index contributed by atoms with van der Waals surface area (Å²) in [6, 6.07) is 0. The van der Waals surface area contributed by atoms with Gasteiger partial charge >= 0.3 is 0 Å². The quantitative estimate of drug-likeness (QED) is 0.397. The van der Waals surface area contributed by atoms with Gasteiger partial charge in [-0.2, -0.15) is 5.26 Å². The first kappa shape index (κ1) is 18.4. The van der Waals surface area contributed by atoms with Crippen LogP contribution in [-0.4, -0.2) is 5.11 Å². The second-order valence-electron chi connectivity index (χ2n) is 0.100. The van der Waals surface area contributed by atoms with Crippen molar-refractivity contribution in [2.24, 2.45) is 0 Å². The summed E-state index contributed by atoms with van der Waals surface area (Å²) in [6.07, 6.45) is 0.750. The summed E-state index contributed by atoms with van der Waals surface area (Å²) < 4.78 is 0. The molecule has 0 amide bonds. The molecule has 0 fully saturated rings. The first-order valence-corrected chi connectivity index (χ1v) is 0.447. The van der Waals surface area contributed by atoms with Crippen LogP contribution in [0.1, 0.15) is 0 Å². The summed E-state index contributed by atoms with van der Waals surface area (Å²) in [5.74, 6) is 0. The summed E-state index contributed by atoms with van der Waals surface area (Å²) >= 11 is 0. The standard InChI is InChI=1S/CHNO.Cu.Fe/c2-1-3;;/h3H;;. The van der Waals surface area contributed by atoms with Gasteiger partial charge in [-0.25, -0.2) is 0 Å². The maximum atomic E-state index is 6.88. The number of nitriles is 1. The summed E-state index contributed by atoms with van der Waals surface area (Å²) in [5, 5.41) is 13.8. The summed E-state index contributed by atoms with van der Waals surface area (Å²) in [4.78, 5) is 0. The number of nitrogens with zero attached hydrogens (tertiary/aromatic N) is 1. The second-order valence-corrected chi connectivity index (χ2v) is 0.100. The van der Waals surface area contributed by atoms with E-state index in [2.05, 4.69) is 0 Å². The van der Waals surface area contributed by atoms with Gasteiger partial charge in [0.2, 0.25) is 0 Å². The topological polar surface area (TPSA) is 44.0 Å². The Morgan fingerprint density at radius 1 is 1.60 bits per heavy atom. The number of rotatable bonds is 0. The molecule has 5 heavy (non-hydrogen) atoms. The average molecular weight is 162 g/mol. The third-order valence-corrected chi connectivity index (χ3v) is 0. The zero-order valence-electron chi connectivity index (χ0n) is 2.05. The smallest absolute Gasteiger partial charge is 0.283 e. The van der Waals surface area contributed by atoms with Crippen molar-refractivity contribution in [3.8, 4) is 6.26 Å². The van der Waals surface area contributed by atoms with Crippen molar-refractivity contribution < 1.29 is 39.2 Å². The third-order valence-electron chi connectivity index (χ3n) is 0. The number of aliphatic hydroxyl groups is 1. The normalized spacial score (nSPS) is 1.40. The fourth-order valence-electron chi connectivity index (χ4n) is 0. The van der Waals surface area contributed by atoms with Gasteiger partial charge in [-0.15, -0.1) is 0 Å². The van der Waals surface area contributed by atoms with Gasteiger partial charge in [-0.3, -0.25) is 0 Å². The Balaban J connectivity index is -0.0000000200. The number of hydrogen-bond donors (Lipinski definition) is 1. The molecule has 0 aliphatic rings. The molecule has 0 saturated heterocycles. The van der Waals surface area contributed by atoms with Crippen LogP contribution in [0.2, 0.25) is 0 Å². The number of aliphatic hydroxyl groups excluding tert-OH is 1. The monoisotopic (exact) mass is 162 g/mol. The Kier molecular flexibility index (Phi) is 100. The molecule has 2 nitrogen and oxygen atoms in total. The maximum Gasteiger partial charge on any atom is 0.283 e. The van der Waals surface area contributed by atoms with Crippen LogP contribution < -0.4 is 0 Å². The summed E-state index contributed by atoms with van der Waals surface area (Å²) in [7, 11) is 0. The van der Waals surface area contributed by atoms with Crippen molar-refractivity contribution in [1.82, 2.24) is 0 Å². The molecule has 0 aliphatic heterocycles. The third kappa shape index (κ3) is 217. The van der Waals surface area contributed by atoms with E-state index in [1.807, 2.05) is 0 Å². The van der Waals surface area contributed by atoms with Crippen molar-refractivity contribution in [3.63, 3.8) is 0 Å². The van der Waals surface area contributed by atoms with Crippen molar-refractivity contribution in [1.29, 1.82) is 5.26 Å². The molecule has 0 rings (SSSR count). The van der Waals surface area contributed by atoms with E-state index in [1.165, 1.54) is 0 Å². The summed E-state index contributed by atoms with van der Waals surface area (Å²) in [6.45, 7) is 0. The van der Waals surface area contributed by atoms with Gasteiger partial charge in [0.15, 0.2) is 0 Å². The van der Waals surface area contributed by atoms with Crippen LogP contribution in [0.5, 0.6) is 0 Å². The predicted octanol–water partition coefficient (Wildman–Crippen LogP) is -0.165. The molecule has 0 aliphatic carbocycles. The molecule has 0 aromatic rings. The van der Waals surface area contributed by atoms with Crippen LogP contribution in [0.4, 0.5) is 0 Å². The first-order valence-electron chi connectivity index (χ1n) is 0.447. The van der Waals surface area contributed by atoms with E-state index in [4.69, 9.17) is 10.4 Å². The average Bonchev–Trinajstić information content (AvgIpc) is 0.918. The number of hydrogen-bond acceptors (Lipinski definition) is 2. The van der Waals surface area contributed by atoms with E-state index in [9.17, 15) is 0 Å². The minimum atomic E-state index is 0. The van der Waals surface area contributed by atoms with Crippen molar-refractivity contribution >= 4 is 0 Å². The van der Waals surface area contributed by atoms with Gasteiger partial charge in [0, 0.05) is 34.1 Å². The van der Waals surface area contributed by atoms with Gasteiger partial charge < -0.3 is 5.11 Å². The Bertz CT molecular complexity index is 33.1. The van der Waals surface area contributed by atoms with Crippen LogP contribution in [0, 0.1) is 11.5 Å². The Morgan fingerprint density at radius 2 is 1.60 bits per heavy atom. The maximum absolute atomic E-state index is 6.88. The molecule has 35 valence electrons. The van der Waals surface area contributed by atoms with Crippen LogP contribution in [0.15, 0.2) is 0 Å². The van der Waals surface area contributed by atoms with E-state index in [0.29, 0.717) is 0 Å². The molecule has 0 spiro atoms. The zero-order chi connectivity index (χ0) is 2.71. The summed E-state index contributed by atoms with van der Waals surface area (Å²) in [5.41, 5.74) is 0. The van der Waals surface area contributed by atoms with Gasteiger partial charge in [-0.1, -0.05) is 0 Å². The molecule has 1 radical (unpaired) electrons. The SMILES string of the molecule is N#CO.[Cu].[Fe]. The van der Waals surface area contributed by atoms with Crippen LogP contribution in [0.25, 0.3) is 0 Å². The van der Waals surface area contributed by atoms with E-state index in [1.54, 1.807) is 0 Å². The van der Waals surface area contributed by atoms with E-state index < -0.39 is 0 Å². The second kappa shape index (κ2) is 27.2. The van der Waals surface area contributed by atoms with E-state index in [-0.39, 0.29) is 34.1 Å². The first-order chi connectivity index (χ1) is 1.41. The van der Waals surface area contributed by atoms with Crippen LogP contribution in [-0.2, 0) is 34.1 Å². The minimum Gasteiger partial charge on any atom is -0.443 e. The van der Waals surface area contributed by atoms with E-state index >= 15 is 0 Å². The van der Waals surface area contributed by atoms with Crippen molar-refractivity contribution in [2.75, 3.05) is 0 Å². The van der Waals surface area contributed by atoms with Crippen molar-refractivity contribution in [3.05, 3.63) is 0 Å².